The van der Waals surface area contributed by atoms with Crippen LogP contribution in [0.25, 0.3) is 0 Å². The molecule has 0 bridgehead atoms. The number of carbonyl (C=O) groups excluding carboxylic acids is 1. The van der Waals surface area contributed by atoms with Gasteiger partial charge in [0.1, 0.15) is 6.10 Å². The van der Waals surface area contributed by atoms with E-state index >= 15 is 0 Å². The van der Waals surface area contributed by atoms with E-state index in [0.717, 1.165) is 0 Å². The van der Waals surface area contributed by atoms with Crippen molar-refractivity contribution in [2.24, 2.45) is 28.6 Å². The number of allylic oxidation sites excluding steroid dienone is 1. The zero-order valence-corrected chi connectivity index (χ0v) is 21.7. The van der Waals surface area contributed by atoms with Crippen molar-refractivity contribution in [1.82, 2.24) is 0 Å². The van der Waals surface area contributed by atoms with Gasteiger partial charge in [-0.15, -0.1) is 0 Å². The fraction of sp³-hybridized carbons (Fsp3) is 0.889. The zero-order chi connectivity index (χ0) is 26.4. The van der Waals surface area contributed by atoms with Crippen LogP contribution in [0.15, 0.2) is 11.6 Å². The third-order valence-corrected chi connectivity index (χ3v) is 10.6. The van der Waals surface area contributed by atoms with Gasteiger partial charge in [0.15, 0.2) is 11.6 Å². The summed E-state index contributed by atoms with van der Waals surface area (Å²) in [4.78, 5) is 13.3. The molecule has 0 radical (unpaired) electrons. The Balaban J connectivity index is 1.68. The first-order chi connectivity index (χ1) is 15.8. The average molecular weight is 497 g/mol. The van der Waals surface area contributed by atoms with Crippen LogP contribution < -0.4 is 0 Å². The second kappa shape index (κ2) is 8.06. The summed E-state index contributed by atoms with van der Waals surface area (Å²) >= 11 is 0. The molecule has 0 amide bonds. The van der Waals surface area contributed by atoms with Crippen LogP contribution in [-0.4, -0.2) is 76.3 Å². The first-order valence-electron chi connectivity index (χ1n) is 13.0. The molecule has 8 heteroatoms. The summed E-state index contributed by atoms with van der Waals surface area (Å²) in [6.07, 6.45) is 1.24. The predicted octanol–water partition coefficient (Wildman–Crippen LogP) is 1.17. The van der Waals surface area contributed by atoms with Crippen LogP contribution in [0.5, 0.6) is 0 Å². The minimum Gasteiger partial charge on any atom is -0.390 e. The van der Waals surface area contributed by atoms with Crippen molar-refractivity contribution in [1.29, 1.82) is 0 Å². The molecular weight excluding hydrogens is 452 g/mol. The molecule has 2 unspecified atom stereocenters. The molecule has 0 spiro atoms. The van der Waals surface area contributed by atoms with Gasteiger partial charge in [-0.25, -0.2) is 0 Å². The molecule has 8 nitrogen and oxygen atoms in total. The van der Waals surface area contributed by atoms with Gasteiger partial charge < -0.3 is 35.7 Å². The summed E-state index contributed by atoms with van der Waals surface area (Å²) in [6.45, 7) is 8.69. The third-order valence-electron chi connectivity index (χ3n) is 10.6. The molecule has 4 aliphatic carbocycles. The first-order valence-corrected chi connectivity index (χ1v) is 13.0. The van der Waals surface area contributed by atoms with Gasteiger partial charge in [0.25, 0.3) is 0 Å². The topological polar surface area (TPSA) is 159 Å². The number of fused-ring (bicyclic) bond motifs is 5. The molecule has 3 fully saturated rings. The lowest BCUT2D eigenvalue weighted by atomic mass is 9.45. The van der Waals surface area contributed by atoms with Gasteiger partial charge >= 0.3 is 0 Å². The maximum Gasteiger partial charge on any atom is 0.189 e. The molecule has 4 rings (SSSR count). The average Bonchev–Trinajstić information content (AvgIpc) is 2.99. The Bertz CT molecular complexity index is 903. The molecule has 3 saturated carbocycles. The van der Waals surface area contributed by atoms with E-state index in [1.807, 2.05) is 13.8 Å². The molecule has 0 saturated heterocycles. The Labute approximate surface area is 207 Å². The highest BCUT2D eigenvalue weighted by molar-refractivity contribution is 5.95. The molecular formula is C27H44O8. The molecule has 9 atom stereocenters. The lowest BCUT2D eigenvalue weighted by Crippen LogP contribution is -2.64. The van der Waals surface area contributed by atoms with Crippen molar-refractivity contribution < 1.29 is 40.5 Å². The normalized spacial score (nSPS) is 45.6. The van der Waals surface area contributed by atoms with E-state index in [-0.39, 0.29) is 31.0 Å². The predicted molar refractivity (Wildman–Crippen MR) is 128 cm³/mol. The summed E-state index contributed by atoms with van der Waals surface area (Å²) < 4.78 is 0. The molecule has 35 heavy (non-hydrogen) atoms. The van der Waals surface area contributed by atoms with E-state index in [9.17, 15) is 40.5 Å². The molecule has 0 aromatic rings. The van der Waals surface area contributed by atoms with Gasteiger partial charge in [-0.05, 0) is 94.6 Å². The van der Waals surface area contributed by atoms with Crippen molar-refractivity contribution in [3.63, 3.8) is 0 Å². The number of hydrogen-bond donors (Lipinski definition) is 7. The van der Waals surface area contributed by atoms with E-state index in [0.29, 0.717) is 37.7 Å². The lowest BCUT2D eigenvalue weighted by molar-refractivity contribution is -0.276. The monoisotopic (exact) mass is 496 g/mol. The summed E-state index contributed by atoms with van der Waals surface area (Å²) in [5.41, 5.74) is -4.91. The maximum absolute atomic E-state index is 13.3. The fourth-order valence-electron chi connectivity index (χ4n) is 8.39. The number of carbonyl (C=O) groups is 1. The highest BCUT2D eigenvalue weighted by Crippen LogP contribution is 2.69. The van der Waals surface area contributed by atoms with E-state index in [1.54, 1.807) is 20.8 Å². The fourth-order valence-corrected chi connectivity index (χ4v) is 8.39. The van der Waals surface area contributed by atoms with Crippen LogP contribution in [-0.2, 0) is 4.79 Å². The van der Waals surface area contributed by atoms with E-state index in [1.165, 1.54) is 6.08 Å². The van der Waals surface area contributed by atoms with Crippen LogP contribution in [0.2, 0.25) is 0 Å². The number of aliphatic hydroxyl groups is 7. The molecule has 0 aliphatic heterocycles. The van der Waals surface area contributed by atoms with E-state index in [4.69, 9.17) is 0 Å². The number of aliphatic hydroxyl groups excluding tert-OH is 2. The van der Waals surface area contributed by atoms with Crippen LogP contribution in [0.3, 0.4) is 0 Å². The van der Waals surface area contributed by atoms with Crippen LogP contribution in [0.4, 0.5) is 0 Å². The Hall–Kier alpha value is -0.870. The molecule has 200 valence electrons. The highest BCUT2D eigenvalue weighted by Gasteiger charge is 2.69. The third kappa shape index (κ3) is 3.95. The summed E-state index contributed by atoms with van der Waals surface area (Å²) in [7, 11) is 0. The Morgan fingerprint density at radius 3 is 2.29 bits per heavy atom. The summed E-state index contributed by atoms with van der Waals surface area (Å²) in [5.74, 6) is -3.79. The SMILES string of the molecule is CC(C)(O)CC[C@@H](O)C(C)(O)[C@@H]1CC[C@@]2(O)C3=CC(=O)[C@@H]4C[C@@H](O)C(O)(O)C[C@]4(C)C3CC[C@]12C. The van der Waals surface area contributed by atoms with E-state index < -0.39 is 57.5 Å². The van der Waals surface area contributed by atoms with E-state index in [2.05, 4.69) is 0 Å². The first kappa shape index (κ1) is 27.2. The van der Waals surface area contributed by atoms with Crippen molar-refractivity contribution in [3.05, 3.63) is 11.6 Å². The van der Waals surface area contributed by atoms with Gasteiger partial charge in [0.2, 0.25) is 0 Å². The summed E-state index contributed by atoms with van der Waals surface area (Å²) in [6, 6.07) is 0. The van der Waals surface area contributed by atoms with Gasteiger partial charge in [0, 0.05) is 17.8 Å². The van der Waals surface area contributed by atoms with Crippen molar-refractivity contribution in [3.8, 4) is 0 Å². The van der Waals surface area contributed by atoms with Gasteiger partial charge in [-0.1, -0.05) is 13.8 Å². The molecule has 0 heterocycles. The minimum atomic E-state index is -2.30. The molecule has 0 aromatic heterocycles. The maximum atomic E-state index is 13.3. The van der Waals surface area contributed by atoms with Crippen LogP contribution in [0.1, 0.15) is 86.0 Å². The lowest BCUT2D eigenvalue weighted by Gasteiger charge is -2.61. The molecule has 0 aromatic carbocycles. The second-order valence-corrected chi connectivity index (χ2v) is 13.4. The minimum absolute atomic E-state index is 0.0386. The number of hydrogen-bond acceptors (Lipinski definition) is 8. The van der Waals surface area contributed by atoms with Gasteiger partial charge in [-0.3, -0.25) is 4.79 Å². The zero-order valence-electron chi connectivity index (χ0n) is 21.7. The smallest absolute Gasteiger partial charge is 0.189 e. The highest BCUT2D eigenvalue weighted by atomic mass is 16.5. The molecule has 7 N–H and O–H groups in total. The van der Waals surface area contributed by atoms with Crippen molar-refractivity contribution >= 4 is 5.78 Å². The quantitative estimate of drug-likeness (QED) is 0.279. The van der Waals surface area contributed by atoms with Gasteiger partial charge in [0.05, 0.1) is 22.9 Å². The molecule has 4 aliphatic rings. The largest absolute Gasteiger partial charge is 0.390 e. The van der Waals surface area contributed by atoms with Gasteiger partial charge in [-0.2, -0.15) is 0 Å². The van der Waals surface area contributed by atoms with Crippen LogP contribution in [0, 0.1) is 28.6 Å². The number of ketones is 1. The second-order valence-electron chi connectivity index (χ2n) is 13.4. The van der Waals surface area contributed by atoms with Crippen molar-refractivity contribution in [2.75, 3.05) is 0 Å². The Morgan fingerprint density at radius 1 is 1.06 bits per heavy atom. The Kier molecular flexibility index (Phi) is 6.26. The van der Waals surface area contributed by atoms with Crippen molar-refractivity contribution in [2.45, 2.75) is 121 Å². The standard InChI is InChI=1S/C27H44O8/c1-22(2,31)9-8-20(29)25(5,32)19-7-11-26(33)16-12-18(28)17-13-21(30)27(34,35)14-23(17,3)15(16)6-10-24(19,26)4/h12,15,17,19-21,29-35H,6-11,13-14H2,1-5H3/t15?,17-,19+,20+,21+,23+,24+,25?,26+/m0/s1. The van der Waals surface area contributed by atoms with Crippen LogP contribution >= 0.6 is 0 Å². The summed E-state index contributed by atoms with van der Waals surface area (Å²) in [5, 5.41) is 76.0. The Morgan fingerprint density at radius 2 is 1.69 bits per heavy atom. The number of rotatable bonds is 5.